The van der Waals surface area contributed by atoms with Crippen molar-refractivity contribution in [1.29, 1.82) is 0 Å². The molecule has 0 fully saturated rings. The number of ether oxygens (including phenoxy) is 3. The third-order valence-corrected chi connectivity index (χ3v) is 2.87. The Hall–Kier alpha value is -1.47. The quantitative estimate of drug-likeness (QED) is 0.471. The van der Waals surface area contributed by atoms with Crippen molar-refractivity contribution in [1.82, 2.24) is 0 Å². The number of carbonyl (C=O) groups excluding carboxylic acids is 1. The zero-order valence-electron chi connectivity index (χ0n) is 12.2. The molecule has 0 aliphatic heterocycles. The number of hydrogen-bond acceptors (Lipinski definition) is 6. The van der Waals surface area contributed by atoms with Gasteiger partial charge in [-0.25, -0.2) is 4.79 Å². The maximum atomic E-state index is 11.6. The number of rotatable bonds is 10. The topological polar surface area (TPSA) is 91.0 Å². The lowest BCUT2D eigenvalue weighted by Gasteiger charge is -2.17. The van der Waals surface area contributed by atoms with E-state index in [1.54, 1.807) is 7.11 Å². The van der Waals surface area contributed by atoms with Gasteiger partial charge in [0.2, 0.25) is 0 Å². The van der Waals surface area contributed by atoms with E-state index in [0.29, 0.717) is 19.6 Å². The molecule has 2 unspecified atom stereocenters. The van der Waals surface area contributed by atoms with Crippen molar-refractivity contribution < 1.29 is 24.1 Å². The fraction of sp³-hybridized carbons (Fsp3) is 0.533. The first-order valence-corrected chi connectivity index (χ1v) is 6.86. The predicted octanol–water partition coefficient (Wildman–Crippen LogP) is 0.124. The van der Waals surface area contributed by atoms with Gasteiger partial charge in [-0.05, 0) is 12.0 Å². The van der Waals surface area contributed by atoms with Gasteiger partial charge in [0.15, 0.2) is 6.10 Å². The molecule has 21 heavy (non-hydrogen) atoms. The van der Waals surface area contributed by atoms with Crippen molar-refractivity contribution >= 4 is 5.97 Å². The summed E-state index contributed by atoms with van der Waals surface area (Å²) >= 11 is 0. The maximum Gasteiger partial charge on any atom is 0.336 e. The van der Waals surface area contributed by atoms with Crippen molar-refractivity contribution in [3.63, 3.8) is 0 Å². The second-order valence-corrected chi connectivity index (χ2v) is 4.57. The van der Waals surface area contributed by atoms with Crippen LogP contribution in [0.5, 0.6) is 0 Å². The van der Waals surface area contributed by atoms with Gasteiger partial charge in [-0.15, -0.1) is 0 Å². The fourth-order valence-electron chi connectivity index (χ4n) is 1.70. The molecule has 0 saturated heterocycles. The monoisotopic (exact) mass is 297 g/mol. The van der Waals surface area contributed by atoms with Crippen LogP contribution in [0.3, 0.4) is 0 Å². The summed E-state index contributed by atoms with van der Waals surface area (Å²) in [7, 11) is 1.58. The molecule has 0 spiro atoms. The highest BCUT2D eigenvalue weighted by molar-refractivity contribution is 5.75. The molecule has 6 heteroatoms. The molecule has 1 aromatic rings. The molecule has 0 aliphatic rings. The Morgan fingerprint density at radius 2 is 1.86 bits per heavy atom. The summed E-state index contributed by atoms with van der Waals surface area (Å²) in [6.07, 6.45) is -0.939. The Balaban J connectivity index is 2.23. The number of benzene rings is 1. The summed E-state index contributed by atoms with van der Waals surface area (Å²) in [5.74, 6) is -0.728. The van der Waals surface area contributed by atoms with Gasteiger partial charge in [-0.1, -0.05) is 30.3 Å². The van der Waals surface area contributed by atoms with Gasteiger partial charge >= 0.3 is 5.97 Å². The van der Waals surface area contributed by atoms with E-state index < -0.39 is 18.1 Å². The van der Waals surface area contributed by atoms with Crippen LogP contribution in [0.25, 0.3) is 0 Å². The van der Waals surface area contributed by atoms with Gasteiger partial charge < -0.3 is 25.1 Å². The SMILES string of the molecule is COCCOCCOC(=O)C(O)C(N)Cc1ccccc1. The van der Waals surface area contributed by atoms with E-state index >= 15 is 0 Å². The second kappa shape index (κ2) is 10.3. The van der Waals surface area contributed by atoms with Crippen LogP contribution >= 0.6 is 0 Å². The van der Waals surface area contributed by atoms with Gasteiger partial charge in [-0.2, -0.15) is 0 Å². The Kier molecular flexibility index (Phi) is 8.61. The van der Waals surface area contributed by atoms with Crippen molar-refractivity contribution in [3.8, 4) is 0 Å². The molecule has 0 radical (unpaired) electrons. The number of nitrogens with two attached hydrogens (primary N) is 1. The van der Waals surface area contributed by atoms with Crippen LogP contribution in [0.1, 0.15) is 5.56 Å². The summed E-state index contributed by atoms with van der Waals surface area (Å²) in [5.41, 5.74) is 6.78. The van der Waals surface area contributed by atoms with Gasteiger partial charge in [0.05, 0.1) is 19.8 Å². The van der Waals surface area contributed by atoms with Crippen molar-refractivity contribution in [3.05, 3.63) is 35.9 Å². The van der Waals surface area contributed by atoms with E-state index in [4.69, 9.17) is 19.9 Å². The van der Waals surface area contributed by atoms with Crippen LogP contribution in [0.2, 0.25) is 0 Å². The van der Waals surface area contributed by atoms with E-state index in [2.05, 4.69) is 0 Å². The summed E-state index contributed by atoms with van der Waals surface area (Å²) in [6, 6.07) is 8.73. The zero-order chi connectivity index (χ0) is 15.5. The number of aliphatic hydroxyl groups excluding tert-OH is 1. The Labute approximate surface area is 124 Å². The fourth-order valence-corrected chi connectivity index (χ4v) is 1.70. The third-order valence-electron chi connectivity index (χ3n) is 2.87. The van der Waals surface area contributed by atoms with Gasteiger partial charge in [0.1, 0.15) is 6.61 Å². The van der Waals surface area contributed by atoms with Crippen LogP contribution in [0.4, 0.5) is 0 Å². The largest absolute Gasteiger partial charge is 0.461 e. The molecule has 2 atom stereocenters. The molecule has 0 bridgehead atoms. The number of methoxy groups -OCH3 is 1. The lowest BCUT2D eigenvalue weighted by atomic mass is 10.0. The zero-order valence-corrected chi connectivity index (χ0v) is 12.2. The lowest BCUT2D eigenvalue weighted by molar-refractivity contribution is -0.156. The van der Waals surface area contributed by atoms with E-state index in [0.717, 1.165) is 5.56 Å². The summed E-state index contributed by atoms with van der Waals surface area (Å²) in [6.45, 7) is 1.26. The number of aliphatic hydroxyl groups is 1. The number of hydrogen-bond donors (Lipinski definition) is 2. The molecule has 1 rings (SSSR count). The first-order valence-electron chi connectivity index (χ1n) is 6.86. The Morgan fingerprint density at radius 3 is 2.52 bits per heavy atom. The Morgan fingerprint density at radius 1 is 1.19 bits per heavy atom. The molecule has 0 saturated carbocycles. The standard InChI is InChI=1S/C15H23NO5/c1-19-7-8-20-9-10-21-15(18)14(17)13(16)11-12-5-3-2-4-6-12/h2-6,13-14,17H,7-11,16H2,1H3. The normalized spacial score (nSPS) is 13.7. The van der Waals surface area contributed by atoms with E-state index in [1.807, 2.05) is 30.3 Å². The first kappa shape index (κ1) is 17.6. The molecule has 0 heterocycles. The second-order valence-electron chi connectivity index (χ2n) is 4.57. The van der Waals surface area contributed by atoms with E-state index in [1.165, 1.54) is 0 Å². The van der Waals surface area contributed by atoms with E-state index in [9.17, 15) is 9.90 Å². The molecule has 1 aromatic carbocycles. The van der Waals surface area contributed by atoms with Gasteiger partial charge in [0.25, 0.3) is 0 Å². The predicted molar refractivity (Wildman–Crippen MR) is 77.8 cm³/mol. The highest BCUT2D eigenvalue weighted by atomic mass is 16.6. The van der Waals surface area contributed by atoms with Crippen LogP contribution < -0.4 is 5.73 Å². The molecule has 0 aliphatic carbocycles. The van der Waals surface area contributed by atoms with Crippen LogP contribution in [-0.4, -0.2) is 56.8 Å². The minimum Gasteiger partial charge on any atom is -0.461 e. The summed E-state index contributed by atoms with van der Waals surface area (Å²) < 4.78 is 14.9. The molecular weight excluding hydrogens is 274 g/mol. The minimum atomic E-state index is -1.34. The van der Waals surface area contributed by atoms with Crippen molar-refractivity contribution in [2.45, 2.75) is 18.6 Å². The molecule has 3 N–H and O–H groups in total. The molecule has 0 amide bonds. The highest BCUT2D eigenvalue weighted by Crippen LogP contribution is 2.05. The smallest absolute Gasteiger partial charge is 0.336 e. The van der Waals surface area contributed by atoms with Crippen LogP contribution in [0, 0.1) is 0 Å². The summed E-state index contributed by atoms with van der Waals surface area (Å²) in [5, 5.41) is 9.83. The maximum absolute atomic E-state index is 11.6. The number of carbonyl (C=O) groups is 1. The van der Waals surface area contributed by atoms with Crippen molar-refractivity contribution in [2.24, 2.45) is 5.73 Å². The molecule has 0 aromatic heterocycles. The number of esters is 1. The van der Waals surface area contributed by atoms with Crippen LogP contribution in [0.15, 0.2) is 30.3 Å². The minimum absolute atomic E-state index is 0.0810. The van der Waals surface area contributed by atoms with Crippen molar-refractivity contribution in [2.75, 3.05) is 33.5 Å². The third kappa shape index (κ3) is 7.19. The van der Waals surface area contributed by atoms with Gasteiger partial charge in [-0.3, -0.25) is 0 Å². The average Bonchev–Trinajstić information content (AvgIpc) is 2.50. The molecule has 6 nitrogen and oxygen atoms in total. The molecule has 118 valence electrons. The van der Waals surface area contributed by atoms with Crippen LogP contribution in [-0.2, 0) is 25.4 Å². The summed E-state index contributed by atoms with van der Waals surface area (Å²) in [4.78, 5) is 11.6. The molecular formula is C15H23NO5. The average molecular weight is 297 g/mol. The van der Waals surface area contributed by atoms with E-state index in [-0.39, 0.29) is 13.2 Å². The highest BCUT2D eigenvalue weighted by Gasteiger charge is 2.24. The first-order chi connectivity index (χ1) is 10.1. The Bertz CT molecular complexity index is 398. The lowest BCUT2D eigenvalue weighted by Crippen LogP contribution is -2.43. The van der Waals surface area contributed by atoms with Gasteiger partial charge in [0, 0.05) is 13.2 Å².